The molecule has 1 saturated heterocycles. The van der Waals surface area contributed by atoms with Crippen LogP contribution >= 0.6 is 0 Å². The summed E-state index contributed by atoms with van der Waals surface area (Å²) in [5.74, 6) is 1.38. The smallest absolute Gasteiger partial charge is 0.193 e. The van der Waals surface area contributed by atoms with Crippen LogP contribution in [-0.2, 0) is 13.6 Å². The van der Waals surface area contributed by atoms with Crippen LogP contribution in [0.3, 0.4) is 0 Å². The Bertz CT molecular complexity index is 533. The second-order valence-electron chi connectivity index (χ2n) is 6.93. The topological polar surface area (TPSA) is 48.7 Å². The molecule has 0 aliphatic carbocycles. The molecule has 0 radical (unpaired) electrons. The molecule has 1 aliphatic heterocycles. The monoisotopic (exact) mass is 320 g/mol. The third kappa shape index (κ3) is 4.47. The van der Waals surface area contributed by atoms with Gasteiger partial charge in [-0.05, 0) is 32.4 Å². The molecule has 0 saturated carbocycles. The van der Waals surface area contributed by atoms with Crippen molar-refractivity contribution >= 4 is 5.96 Å². The zero-order valence-corrected chi connectivity index (χ0v) is 15.5. The minimum atomic E-state index is 0.432. The van der Waals surface area contributed by atoms with E-state index in [-0.39, 0.29) is 0 Å². The standard InChI is InChI=1S/C17H32N6/c1-13(2)16-14(12-23(6)20-16)11-22(5)17(18-3)19-10-15-8-7-9-21(15)4/h12-13,15H,7-11H2,1-6H3,(H,18,19). The van der Waals surface area contributed by atoms with E-state index in [1.165, 1.54) is 30.6 Å². The fourth-order valence-corrected chi connectivity index (χ4v) is 3.32. The van der Waals surface area contributed by atoms with Crippen molar-refractivity contribution in [1.29, 1.82) is 0 Å². The van der Waals surface area contributed by atoms with Gasteiger partial charge in [0.2, 0.25) is 0 Å². The van der Waals surface area contributed by atoms with Crippen LogP contribution in [0.15, 0.2) is 11.2 Å². The summed E-state index contributed by atoms with van der Waals surface area (Å²) in [6.45, 7) is 7.36. The normalized spacial score (nSPS) is 19.6. The molecule has 1 unspecified atom stereocenters. The van der Waals surface area contributed by atoms with Crippen molar-refractivity contribution in [3.05, 3.63) is 17.5 Å². The van der Waals surface area contributed by atoms with Gasteiger partial charge in [-0.25, -0.2) is 0 Å². The van der Waals surface area contributed by atoms with E-state index >= 15 is 0 Å². The molecule has 0 spiro atoms. The summed E-state index contributed by atoms with van der Waals surface area (Å²) in [6.07, 6.45) is 4.68. The molecular weight excluding hydrogens is 288 g/mol. The SMILES string of the molecule is CN=C(NCC1CCCN1C)N(C)Cc1cn(C)nc1C(C)C. The average Bonchev–Trinajstić information content (AvgIpc) is 3.06. The van der Waals surface area contributed by atoms with Crippen LogP contribution < -0.4 is 5.32 Å². The number of aromatic nitrogens is 2. The van der Waals surface area contributed by atoms with Crippen molar-refractivity contribution in [2.75, 3.05) is 34.2 Å². The van der Waals surface area contributed by atoms with Crippen LogP contribution in [0, 0.1) is 0 Å². The maximum absolute atomic E-state index is 4.59. The number of rotatable bonds is 5. The van der Waals surface area contributed by atoms with Gasteiger partial charge < -0.3 is 15.1 Å². The van der Waals surface area contributed by atoms with Gasteiger partial charge in [0.15, 0.2) is 5.96 Å². The predicted molar refractivity (Wildman–Crippen MR) is 95.8 cm³/mol. The Kier molecular flexibility index (Phi) is 6.04. The molecule has 23 heavy (non-hydrogen) atoms. The number of likely N-dealkylation sites (tertiary alicyclic amines) is 1. The molecule has 2 heterocycles. The molecule has 1 fully saturated rings. The van der Waals surface area contributed by atoms with Crippen molar-refractivity contribution in [3.63, 3.8) is 0 Å². The van der Waals surface area contributed by atoms with Gasteiger partial charge in [-0.3, -0.25) is 9.67 Å². The predicted octanol–water partition coefficient (Wildman–Crippen LogP) is 1.64. The van der Waals surface area contributed by atoms with E-state index in [1.54, 1.807) is 0 Å². The van der Waals surface area contributed by atoms with Crippen molar-refractivity contribution in [3.8, 4) is 0 Å². The summed E-state index contributed by atoms with van der Waals surface area (Å²) in [5, 5.41) is 8.11. The Morgan fingerprint density at radius 1 is 1.48 bits per heavy atom. The number of likely N-dealkylation sites (N-methyl/N-ethyl adjacent to an activating group) is 1. The number of aryl methyl sites for hydroxylation is 1. The summed E-state index contributed by atoms with van der Waals surface area (Å²) in [6, 6.07) is 0.616. The minimum Gasteiger partial charge on any atom is -0.355 e. The number of hydrogen-bond donors (Lipinski definition) is 1. The maximum atomic E-state index is 4.59. The first-order chi connectivity index (χ1) is 10.9. The molecule has 1 atom stereocenters. The van der Waals surface area contributed by atoms with Crippen LogP contribution in [0.1, 0.15) is 43.9 Å². The lowest BCUT2D eigenvalue weighted by molar-refractivity contribution is 0.306. The second-order valence-corrected chi connectivity index (χ2v) is 6.93. The van der Waals surface area contributed by atoms with Crippen LogP contribution in [0.25, 0.3) is 0 Å². The Balaban J connectivity index is 1.96. The number of nitrogens with one attached hydrogen (secondary N) is 1. The number of aliphatic imine (C=N–C) groups is 1. The summed E-state index contributed by atoms with van der Waals surface area (Å²) in [7, 11) is 8.13. The molecule has 1 aliphatic rings. The van der Waals surface area contributed by atoms with Crippen LogP contribution in [0.4, 0.5) is 0 Å². The highest BCUT2D eigenvalue weighted by molar-refractivity contribution is 5.79. The Labute approximate surface area is 140 Å². The summed E-state index contributed by atoms with van der Waals surface area (Å²) in [4.78, 5) is 9.04. The zero-order valence-electron chi connectivity index (χ0n) is 15.5. The van der Waals surface area contributed by atoms with Gasteiger partial charge in [-0.15, -0.1) is 0 Å². The Morgan fingerprint density at radius 2 is 2.22 bits per heavy atom. The molecule has 1 aromatic heterocycles. The lowest BCUT2D eigenvalue weighted by atomic mass is 10.1. The van der Waals surface area contributed by atoms with E-state index in [9.17, 15) is 0 Å². The van der Waals surface area contributed by atoms with Gasteiger partial charge in [0.25, 0.3) is 0 Å². The Hall–Kier alpha value is -1.56. The van der Waals surface area contributed by atoms with Crippen molar-refractivity contribution in [2.45, 2.75) is 45.2 Å². The molecule has 6 nitrogen and oxygen atoms in total. The summed E-state index contributed by atoms with van der Waals surface area (Å²) in [5.41, 5.74) is 2.44. The second kappa shape index (κ2) is 7.81. The lowest BCUT2D eigenvalue weighted by Crippen LogP contribution is -2.44. The van der Waals surface area contributed by atoms with Crippen molar-refractivity contribution in [2.24, 2.45) is 12.0 Å². The summed E-state index contributed by atoms with van der Waals surface area (Å²) < 4.78 is 1.90. The molecule has 0 bridgehead atoms. The van der Waals surface area contributed by atoms with Crippen LogP contribution in [0.2, 0.25) is 0 Å². The highest BCUT2D eigenvalue weighted by Gasteiger charge is 2.21. The average molecular weight is 320 g/mol. The lowest BCUT2D eigenvalue weighted by Gasteiger charge is -2.25. The van der Waals surface area contributed by atoms with Crippen molar-refractivity contribution in [1.82, 2.24) is 24.9 Å². The molecule has 6 heteroatoms. The van der Waals surface area contributed by atoms with E-state index in [0.29, 0.717) is 12.0 Å². The number of guanidine groups is 1. The third-order valence-electron chi connectivity index (χ3n) is 4.63. The molecule has 130 valence electrons. The van der Waals surface area contributed by atoms with E-state index < -0.39 is 0 Å². The van der Waals surface area contributed by atoms with Gasteiger partial charge in [-0.1, -0.05) is 13.8 Å². The summed E-state index contributed by atoms with van der Waals surface area (Å²) >= 11 is 0. The molecule has 1 aromatic rings. The maximum Gasteiger partial charge on any atom is 0.193 e. The first-order valence-corrected chi connectivity index (χ1v) is 8.56. The van der Waals surface area contributed by atoms with Gasteiger partial charge >= 0.3 is 0 Å². The van der Waals surface area contributed by atoms with E-state index in [0.717, 1.165) is 19.0 Å². The van der Waals surface area contributed by atoms with E-state index in [1.807, 2.05) is 18.8 Å². The Morgan fingerprint density at radius 3 is 2.78 bits per heavy atom. The largest absolute Gasteiger partial charge is 0.355 e. The fraction of sp³-hybridized carbons (Fsp3) is 0.765. The zero-order chi connectivity index (χ0) is 17.0. The first-order valence-electron chi connectivity index (χ1n) is 8.56. The van der Waals surface area contributed by atoms with E-state index in [2.05, 4.69) is 59.3 Å². The third-order valence-corrected chi connectivity index (χ3v) is 4.63. The number of nitrogens with zero attached hydrogens (tertiary/aromatic N) is 5. The number of hydrogen-bond acceptors (Lipinski definition) is 3. The van der Waals surface area contributed by atoms with Gasteiger partial charge in [0.05, 0.1) is 5.69 Å². The highest BCUT2D eigenvalue weighted by atomic mass is 15.3. The van der Waals surface area contributed by atoms with E-state index in [4.69, 9.17) is 0 Å². The molecule has 2 rings (SSSR count). The van der Waals surface area contributed by atoms with Crippen molar-refractivity contribution < 1.29 is 0 Å². The van der Waals surface area contributed by atoms with Crippen LogP contribution in [0.5, 0.6) is 0 Å². The first kappa shape index (κ1) is 17.8. The molecule has 1 N–H and O–H groups in total. The van der Waals surface area contributed by atoms with Gasteiger partial charge in [0, 0.05) is 52.0 Å². The van der Waals surface area contributed by atoms with Crippen LogP contribution in [-0.4, -0.2) is 65.8 Å². The molecule has 0 aromatic carbocycles. The fourth-order valence-electron chi connectivity index (χ4n) is 3.32. The minimum absolute atomic E-state index is 0.432. The molecule has 0 amide bonds. The van der Waals surface area contributed by atoms with Gasteiger partial charge in [-0.2, -0.15) is 5.10 Å². The highest BCUT2D eigenvalue weighted by Crippen LogP contribution is 2.18. The quantitative estimate of drug-likeness (QED) is 0.662. The molecular formula is C17H32N6. The van der Waals surface area contributed by atoms with Gasteiger partial charge in [0.1, 0.15) is 0 Å².